The van der Waals surface area contributed by atoms with Gasteiger partial charge in [0.25, 0.3) is 0 Å². The first kappa shape index (κ1) is 14.9. The molecule has 1 fully saturated rings. The minimum atomic E-state index is -0.873. The Morgan fingerprint density at radius 3 is 2.70 bits per heavy atom. The third-order valence-corrected chi connectivity index (χ3v) is 4.87. The van der Waals surface area contributed by atoms with Crippen LogP contribution in [-0.4, -0.2) is 41.7 Å². The molecule has 108 valence electrons. The zero-order valence-corrected chi connectivity index (χ0v) is 12.4. The molecule has 0 bridgehead atoms. The molecule has 0 radical (unpaired) electrons. The van der Waals surface area contributed by atoms with E-state index in [2.05, 4.69) is 18.2 Å². The third-order valence-electron chi connectivity index (χ3n) is 4.15. The van der Waals surface area contributed by atoms with Gasteiger partial charge in [0.15, 0.2) is 0 Å². The fourth-order valence-corrected chi connectivity index (χ4v) is 3.31. The first-order valence-corrected chi connectivity index (χ1v) is 7.90. The zero-order valence-electron chi connectivity index (χ0n) is 11.5. The fourth-order valence-electron chi connectivity index (χ4n) is 2.85. The summed E-state index contributed by atoms with van der Waals surface area (Å²) in [6.45, 7) is 0.985. The molecule has 0 atom stereocenters. The van der Waals surface area contributed by atoms with Crippen molar-refractivity contribution in [3.05, 3.63) is 29.8 Å². The number of hydrogen-bond acceptors (Lipinski definition) is 3. The van der Waals surface area contributed by atoms with Gasteiger partial charge in [0.05, 0.1) is 0 Å². The number of carboxylic acid groups (broad SMARTS) is 1. The summed E-state index contributed by atoms with van der Waals surface area (Å²) in [6, 6.07) is 8.25. The topological polar surface area (TPSA) is 57.6 Å². The molecule has 1 aromatic rings. The minimum absolute atomic E-state index is 0.209. The van der Waals surface area contributed by atoms with Crippen LogP contribution in [0.4, 0.5) is 4.79 Å². The molecule has 4 nitrogen and oxygen atoms in total. The highest BCUT2D eigenvalue weighted by Crippen LogP contribution is 2.39. The molecule has 0 saturated carbocycles. The number of rotatable bonds is 4. The fraction of sp³-hybridized carbons (Fsp3) is 0.467. The van der Waals surface area contributed by atoms with E-state index in [0.717, 1.165) is 11.8 Å². The highest BCUT2D eigenvalue weighted by Gasteiger charge is 2.37. The molecule has 1 heterocycles. The number of likely N-dealkylation sites (tertiary alicyclic amines) is 1. The van der Waals surface area contributed by atoms with Crippen molar-refractivity contribution < 1.29 is 14.7 Å². The maximum Gasteiger partial charge on any atom is 0.407 e. The van der Waals surface area contributed by atoms with E-state index in [1.165, 1.54) is 9.80 Å². The van der Waals surface area contributed by atoms with Crippen molar-refractivity contribution >= 4 is 24.1 Å². The Morgan fingerprint density at radius 2 is 2.15 bits per heavy atom. The number of aldehydes is 1. The van der Waals surface area contributed by atoms with E-state index >= 15 is 0 Å². The smallest absolute Gasteiger partial charge is 0.407 e. The lowest BCUT2D eigenvalue weighted by Crippen LogP contribution is -2.45. The Kier molecular flexibility index (Phi) is 4.70. The van der Waals surface area contributed by atoms with Crippen LogP contribution in [0.3, 0.4) is 0 Å². The third kappa shape index (κ3) is 2.98. The number of benzene rings is 1. The Morgan fingerprint density at radius 1 is 1.45 bits per heavy atom. The molecule has 1 aliphatic heterocycles. The van der Waals surface area contributed by atoms with Crippen molar-refractivity contribution in [1.29, 1.82) is 0 Å². The van der Waals surface area contributed by atoms with Crippen LogP contribution in [0.1, 0.15) is 24.8 Å². The summed E-state index contributed by atoms with van der Waals surface area (Å²) in [5, 5.41) is 9.04. The van der Waals surface area contributed by atoms with Crippen molar-refractivity contribution in [1.82, 2.24) is 4.90 Å². The summed E-state index contributed by atoms with van der Waals surface area (Å²) in [6.07, 6.45) is 3.98. The van der Waals surface area contributed by atoms with E-state index in [9.17, 15) is 9.59 Å². The SMILES string of the molecule is CSc1cccc(C2(CC=O)CCN(C(=O)O)CC2)c1. The molecule has 1 N–H and O–H groups in total. The van der Waals surface area contributed by atoms with Crippen LogP contribution in [0, 0.1) is 0 Å². The molecule has 0 unspecified atom stereocenters. The van der Waals surface area contributed by atoms with Crippen LogP contribution in [0.5, 0.6) is 0 Å². The van der Waals surface area contributed by atoms with Crippen LogP contribution in [0.2, 0.25) is 0 Å². The van der Waals surface area contributed by atoms with Gasteiger partial charge >= 0.3 is 6.09 Å². The van der Waals surface area contributed by atoms with Gasteiger partial charge in [-0.15, -0.1) is 11.8 Å². The summed E-state index contributed by atoms with van der Waals surface area (Å²) in [5.41, 5.74) is 0.945. The average Bonchev–Trinajstić information content (AvgIpc) is 2.48. The van der Waals surface area contributed by atoms with Gasteiger partial charge in [0.2, 0.25) is 0 Å². The van der Waals surface area contributed by atoms with Crippen LogP contribution >= 0.6 is 11.8 Å². The van der Waals surface area contributed by atoms with Gasteiger partial charge in [0.1, 0.15) is 6.29 Å². The molecular weight excluding hydrogens is 274 g/mol. The molecule has 0 aromatic heterocycles. The lowest BCUT2D eigenvalue weighted by atomic mass is 9.71. The summed E-state index contributed by atoms with van der Waals surface area (Å²) in [7, 11) is 0. The highest BCUT2D eigenvalue weighted by atomic mass is 32.2. The molecule has 1 amide bonds. The van der Waals surface area contributed by atoms with E-state index in [1.807, 2.05) is 12.3 Å². The quantitative estimate of drug-likeness (QED) is 0.685. The van der Waals surface area contributed by atoms with E-state index in [4.69, 9.17) is 5.11 Å². The summed E-state index contributed by atoms with van der Waals surface area (Å²) < 4.78 is 0. The number of hydrogen-bond donors (Lipinski definition) is 1. The molecule has 5 heteroatoms. The van der Waals surface area contributed by atoms with Crippen molar-refractivity contribution in [2.75, 3.05) is 19.3 Å². The molecular formula is C15H19NO3S. The zero-order chi connectivity index (χ0) is 14.6. The Balaban J connectivity index is 2.26. The number of thioether (sulfide) groups is 1. The van der Waals surface area contributed by atoms with Crippen LogP contribution < -0.4 is 0 Å². The van der Waals surface area contributed by atoms with E-state index < -0.39 is 6.09 Å². The summed E-state index contributed by atoms with van der Waals surface area (Å²) in [4.78, 5) is 24.7. The van der Waals surface area contributed by atoms with E-state index in [0.29, 0.717) is 32.4 Å². The molecule has 20 heavy (non-hydrogen) atoms. The first-order valence-electron chi connectivity index (χ1n) is 6.67. The monoisotopic (exact) mass is 293 g/mol. The van der Waals surface area contributed by atoms with Crippen LogP contribution in [0.15, 0.2) is 29.2 Å². The Bertz CT molecular complexity index is 496. The second kappa shape index (κ2) is 6.31. The molecule has 1 aromatic carbocycles. The molecule has 1 saturated heterocycles. The maximum absolute atomic E-state index is 11.1. The van der Waals surface area contributed by atoms with Gasteiger partial charge in [-0.25, -0.2) is 4.79 Å². The summed E-state index contributed by atoms with van der Waals surface area (Å²) in [5.74, 6) is 0. The first-order chi connectivity index (χ1) is 9.61. The number of carbonyl (C=O) groups is 2. The van der Waals surface area contributed by atoms with Gasteiger partial charge in [0, 0.05) is 29.8 Å². The predicted molar refractivity (Wildman–Crippen MR) is 79.4 cm³/mol. The summed E-state index contributed by atoms with van der Waals surface area (Å²) >= 11 is 1.68. The van der Waals surface area contributed by atoms with Gasteiger partial charge in [-0.1, -0.05) is 12.1 Å². The Hall–Kier alpha value is -1.49. The highest BCUT2D eigenvalue weighted by molar-refractivity contribution is 7.98. The van der Waals surface area contributed by atoms with Crippen molar-refractivity contribution in [2.45, 2.75) is 29.6 Å². The lowest BCUT2D eigenvalue weighted by Gasteiger charge is -2.40. The largest absolute Gasteiger partial charge is 0.465 e. The van der Waals surface area contributed by atoms with Crippen LogP contribution in [0.25, 0.3) is 0 Å². The van der Waals surface area contributed by atoms with Gasteiger partial charge < -0.3 is 14.8 Å². The van der Waals surface area contributed by atoms with E-state index in [-0.39, 0.29) is 5.41 Å². The van der Waals surface area contributed by atoms with Gasteiger partial charge in [-0.05, 0) is 36.8 Å². The second-order valence-corrected chi connectivity index (χ2v) is 6.03. The van der Waals surface area contributed by atoms with Gasteiger partial charge in [-0.2, -0.15) is 0 Å². The average molecular weight is 293 g/mol. The van der Waals surface area contributed by atoms with Gasteiger partial charge in [-0.3, -0.25) is 0 Å². The number of nitrogens with zero attached hydrogens (tertiary/aromatic N) is 1. The molecule has 0 aliphatic carbocycles. The number of amides is 1. The normalized spacial score (nSPS) is 17.8. The molecule has 2 rings (SSSR count). The van der Waals surface area contributed by atoms with Crippen molar-refractivity contribution in [2.24, 2.45) is 0 Å². The standard InChI is InChI=1S/C15H19NO3S/c1-20-13-4-2-3-12(11-13)15(7-10-17)5-8-16(9-6-15)14(18)19/h2-4,10-11H,5-9H2,1H3,(H,18,19). The van der Waals surface area contributed by atoms with Crippen molar-refractivity contribution in [3.63, 3.8) is 0 Å². The van der Waals surface area contributed by atoms with Crippen LogP contribution in [-0.2, 0) is 10.2 Å². The van der Waals surface area contributed by atoms with Crippen molar-refractivity contribution in [3.8, 4) is 0 Å². The minimum Gasteiger partial charge on any atom is -0.465 e. The maximum atomic E-state index is 11.1. The van der Waals surface area contributed by atoms with E-state index in [1.54, 1.807) is 11.8 Å². The lowest BCUT2D eigenvalue weighted by molar-refractivity contribution is -0.109. The predicted octanol–water partition coefficient (Wildman–Crippen LogP) is 3.01. The second-order valence-electron chi connectivity index (χ2n) is 5.15. The number of piperidine rings is 1. The Labute approximate surface area is 123 Å². The molecule has 0 spiro atoms. The molecule has 1 aliphatic rings. The number of carbonyl (C=O) groups excluding carboxylic acids is 1.